The zero-order valence-corrected chi connectivity index (χ0v) is 17.1. The molecule has 7 nitrogen and oxygen atoms in total. The minimum atomic E-state index is -3.52. The quantitative estimate of drug-likeness (QED) is 0.682. The number of amides is 1. The highest BCUT2D eigenvalue weighted by molar-refractivity contribution is 7.89. The van der Waals surface area contributed by atoms with Crippen LogP contribution in [-0.2, 0) is 14.8 Å². The standard InChI is InChI=1S/C19H21ClN4O3S/c1-3-24(4-2)28(26,27)17-9-7-16(8-10-17)22-13-19(25)23-18-11-15(20)6-5-14(18)12-21/h5-11,22H,3-4,13H2,1-2H3,(H,23,25). The highest BCUT2D eigenvalue weighted by Gasteiger charge is 2.21. The van der Waals surface area contributed by atoms with Crippen molar-refractivity contribution < 1.29 is 13.2 Å². The Morgan fingerprint density at radius 1 is 1.14 bits per heavy atom. The molecule has 0 saturated carbocycles. The van der Waals surface area contributed by atoms with E-state index in [1.807, 2.05) is 6.07 Å². The van der Waals surface area contributed by atoms with Crippen molar-refractivity contribution in [3.63, 3.8) is 0 Å². The molecule has 2 aromatic carbocycles. The van der Waals surface area contributed by atoms with Crippen LogP contribution in [0.5, 0.6) is 0 Å². The molecular weight excluding hydrogens is 400 g/mol. The molecule has 9 heteroatoms. The third-order valence-electron chi connectivity index (χ3n) is 4.03. The lowest BCUT2D eigenvalue weighted by Crippen LogP contribution is -2.30. The fourth-order valence-corrected chi connectivity index (χ4v) is 4.18. The van der Waals surface area contributed by atoms with Gasteiger partial charge in [0.25, 0.3) is 0 Å². The topological polar surface area (TPSA) is 102 Å². The summed E-state index contributed by atoms with van der Waals surface area (Å²) in [6, 6.07) is 12.8. The number of carbonyl (C=O) groups is 1. The molecule has 2 aromatic rings. The van der Waals surface area contributed by atoms with E-state index < -0.39 is 10.0 Å². The van der Waals surface area contributed by atoms with E-state index in [1.54, 1.807) is 32.0 Å². The number of hydrogen-bond donors (Lipinski definition) is 2. The largest absolute Gasteiger partial charge is 0.376 e. The van der Waals surface area contributed by atoms with Crippen molar-refractivity contribution in [2.45, 2.75) is 18.7 Å². The number of hydrogen-bond acceptors (Lipinski definition) is 5. The number of nitriles is 1. The molecule has 0 unspecified atom stereocenters. The van der Waals surface area contributed by atoms with Crippen molar-refractivity contribution in [2.75, 3.05) is 30.3 Å². The smallest absolute Gasteiger partial charge is 0.243 e. The van der Waals surface area contributed by atoms with Gasteiger partial charge in [0.1, 0.15) is 6.07 Å². The summed E-state index contributed by atoms with van der Waals surface area (Å²) in [5.41, 5.74) is 1.24. The molecule has 0 aromatic heterocycles. The number of carbonyl (C=O) groups excluding carboxylic acids is 1. The summed E-state index contributed by atoms with van der Waals surface area (Å²) < 4.78 is 26.3. The zero-order chi connectivity index (χ0) is 20.7. The summed E-state index contributed by atoms with van der Waals surface area (Å²) in [5.74, 6) is -0.362. The van der Waals surface area contributed by atoms with Gasteiger partial charge < -0.3 is 10.6 Å². The fourth-order valence-electron chi connectivity index (χ4n) is 2.55. The van der Waals surface area contributed by atoms with Gasteiger partial charge in [0.15, 0.2) is 0 Å². The first-order valence-electron chi connectivity index (χ1n) is 8.65. The van der Waals surface area contributed by atoms with E-state index in [0.717, 1.165) is 0 Å². The molecule has 28 heavy (non-hydrogen) atoms. The first-order chi connectivity index (χ1) is 13.3. The van der Waals surface area contributed by atoms with Crippen LogP contribution in [0, 0.1) is 11.3 Å². The summed E-state index contributed by atoms with van der Waals surface area (Å²) >= 11 is 5.90. The molecule has 0 saturated heterocycles. The maximum absolute atomic E-state index is 12.5. The monoisotopic (exact) mass is 420 g/mol. The normalized spacial score (nSPS) is 11.1. The van der Waals surface area contributed by atoms with Crippen LogP contribution in [0.1, 0.15) is 19.4 Å². The lowest BCUT2D eigenvalue weighted by atomic mass is 10.2. The van der Waals surface area contributed by atoms with Crippen molar-refractivity contribution in [1.29, 1.82) is 5.26 Å². The molecule has 0 atom stereocenters. The molecule has 0 bridgehead atoms. The number of sulfonamides is 1. The minimum Gasteiger partial charge on any atom is -0.376 e. The molecule has 0 spiro atoms. The fraction of sp³-hybridized carbons (Fsp3) is 0.263. The average Bonchev–Trinajstić information content (AvgIpc) is 2.67. The van der Waals surface area contributed by atoms with Crippen molar-refractivity contribution in [1.82, 2.24) is 4.31 Å². The Labute approximate surface area is 170 Å². The maximum Gasteiger partial charge on any atom is 0.243 e. The first-order valence-corrected chi connectivity index (χ1v) is 10.5. The van der Waals surface area contributed by atoms with Gasteiger partial charge in [0.05, 0.1) is 22.7 Å². The van der Waals surface area contributed by atoms with Crippen LogP contribution in [0.25, 0.3) is 0 Å². The number of nitrogens with zero attached hydrogens (tertiary/aromatic N) is 2. The summed E-state index contributed by atoms with van der Waals surface area (Å²) in [5, 5.41) is 15.0. The van der Waals surface area contributed by atoms with Crippen molar-refractivity contribution >= 4 is 38.9 Å². The predicted molar refractivity (Wildman–Crippen MR) is 110 cm³/mol. The van der Waals surface area contributed by atoms with Crippen LogP contribution in [0.15, 0.2) is 47.4 Å². The molecule has 0 radical (unpaired) electrons. The first kappa shape index (κ1) is 21.7. The molecule has 0 aliphatic carbocycles. The predicted octanol–water partition coefficient (Wildman–Crippen LogP) is 3.29. The minimum absolute atomic E-state index is 0.0560. The van der Waals surface area contributed by atoms with E-state index >= 15 is 0 Å². The van der Waals surface area contributed by atoms with Gasteiger partial charge in [-0.25, -0.2) is 8.42 Å². The van der Waals surface area contributed by atoms with Crippen molar-refractivity contribution in [3.8, 4) is 6.07 Å². The summed E-state index contributed by atoms with van der Waals surface area (Å²) in [6.45, 7) is 4.31. The molecule has 148 valence electrons. The maximum atomic E-state index is 12.5. The Morgan fingerprint density at radius 2 is 1.79 bits per heavy atom. The van der Waals surface area contributed by atoms with Gasteiger partial charge in [0.2, 0.25) is 15.9 Å². The highest BCUT2D eigenvalue weighted by atomic mass is 35.5. The summed E-state index contributed by atoms with van der Waals surface area (Å²) in [6.07, 6.45) is 0. The number of nitrogens with one attached hydrogen (secondary N) is 2. The molecule has 0 aliphatic heterocycles. The molecule has 1 amide bonds. The van der Waals surface area contributed by atoms with Crippen LogP contribution in [-0.4, -0.2) is 38.3 Å². The molecule has 2 N–H and O–H groups in total. The van der Waals surface area contributed by atoms with Gasteiger partial charge in [-0.1, -0.05) is 25.4 Å². The van der Waals surface area contributed by atoms with Gasteiger partial charge in [0, 0.05) is 23.8 Å². The number of benzene rings is 2. The van der Waals surface area contributed by atoms with Crippen LogP contribution in [0.2, 0.25) is 5.02 Å². The van der Waals surface area contributed by atoms with E-state index in [4.69, 9.17) is 16.9 Å². The Morgan fingerprint density at radius 3 is 2.36 bits per heavy atom. The second-order valence-corrected chi connectivity index (χ2v) is 8.19. The number of halogens is 1. The third-order valence-corrected chi connectivity index (χ3v) is 6.33. The second-order valence-electron chi connectivity index (χ2n) is 5.82. The Kier molecular flexibility index (Phi) is 7.40. The van der Waals surface area contributed by atoms with Gasteiger partial charge >= 0.3 is 0 Å². The highest BCUT2D eigenvalue weighted by Crippen LogP contribution is 2.21. The van der Waals surface area contributed by atoms with Gasteiger partial charge in [-0.15, -0.1) is 0 Å². The van der Waals surface area contributed by atoms with E-state index in [-0.39, 0.29) is 17.3 Å². The lowest BCUT2D eigenvalue weighted by Gasteiger charge is -2.18. The zero-order valence-electron chi connectivity index (χ0n) is 15.6. The average molecular weight is 421 g/mol. The van der Waals surface area contributed by atoms with E-state index in [0.29, 0.717) is 35.1 Å². The summed E-state index contributed by atoms with van der Waals surface area (Å²) in [7, 11) is -3.52. The SMILES string of the molecule is CCN(CC)S(=O)(=O)c1ccc(NCC(=O)Nc2cc(Cl)ccc2C#N)cc1. The number of rotatable bonds is 8. The lowest BCUT2D eigenvalue weighted by molar-refractivity contribution is -0.114. The van der Waals surface area contributed by atoms with Gasteiger partial charge in [-0.2, -0.15) is 9.57 Å². The Balaban J connectivity index is 2.01. The molecule has 0 heterocycles. The van der Waals surface area contributed by atoms with Crippen LogP contribution < -0.4 is 10.6 Å². The summed E-state index contributed by atoms with van der Waals surface area (Å²) in [4.78, 5) is 12.3. The van der Waals surface area contributed by atoms with Crippen molar-refractivity contribution in [2.24, 2.45) is 0 Å². The molecule has 0 aliphatic rings. The molecule has 2 rings (SSSR count). The van der Waals surface area contributed by atoms with E-state index in [2.05, 4.69) is 10.6 Å². The molecule has 0 fully saturated rings. The van der Waals surface area contributed by atoms with Crippen LogP contribution >= 0.6 is 11.6 Å². The third kappa shape index (κ3) is 5.23. The van der Waals surface area contributed by atoms with Crippen molar-refractivity contribution in [3.05, 3.63) is 53.1 Å². The number of anilines is 2. The van der Waals surface area contributed by atoms with Crippen LogP contribution in [0.3, 0.4) is 0 Å². The van der Waals surface area contributed by atoms with Gasteiger partial charge in [-0.3, -0.25) is 4.79 Å². The van der Waals surface area contributed by atoms with E-state index in [9.17, 15) is 13.2 Å². The van der Waals surface area contributed by atoms with Crippen LogP contribution in [0.4, 0.5) is 11.4 Å². The molecular formula is C19H21ClN4O3S. The Bertz CT molecular complexity index is 981. The van der Waals surface area contributed by atoms with E-state index in [1.165, 1.54) is 28.6 Å². The Hall–Kier alpha value is -2.60. The second kappa shape index (κ2) is 9.55. The van der Waals surface area contributed by atoms with Gasteiger partial charge in [-0.05, 0) is 42.5 Å².